The molecule has 0 saturated carbocycles. The van der Waals surface area contributed by atoms with E-state index >= 15 is 0 Å². The van der Waals surface area contributed by atoms with Crippen molar-refractivity contribution in [3.8, 4) is 39.9 Å². The highest BCUT2D eigenvalue weighted by Gasteiger charge is 2.24. The van der Waals surface area contributed by atoms with Crippen molar-refractivity contribution in [3.63, 3.8) is 0 Å². The van der Waals surface area contributed by atoms with Crippen LogP contribution in [0.3, 0.4) is 0 Å². The van der Waals surface area contributed by atoms with Crippen LogP contribution in [0.1, 0.15) is 0 Å². The van der Waals surface area contributed by atoms with Gasteiger partial charge < -0.3 is 4.42 Å². The zero-order valence-electron chi connectivity index (χ0n) is 28.6. The summed E-state index contributed by atoms with van der Waals surface area (Å²) in [6, 6.07) is 27.2. The number of furan rings is 1. The van der Waals surface area contributed by atoms with Crippen LogP contribution in [0.5, 0.6) is 0 Å². The molecule has 5 nitrogen and oxygen atoms in total. The lowest BCUT2D eigenvalue weighted by Crippen LogP contribution is -2.55. The van der Waals surface area contributed by atoms with E-state index in [4.69, 9.17) is 97.8 Å². The second kappa shape index (κ2) is 12.6. The van der Waals surface area contributed by atoms with Gasteiger partial charge in [-0.05, 0) is 23.8 Å². The predicted molar refractivity (Wildman–Crippen MR) is 232 cm³/mol. The van der Waals surface area contributed by atoms with E-state index in [1.54, 1.807) is 0 Å². The van der Waals surface area contributed by atoms with Gasteiger partial charge in [0.05, 0.1) is 16.6 Å². The van der Waals surface area contributed by atoms with Gasteiger partial charge in [0.1, 0.15) is 89.6 Å². The number of fused-ring (bicyclic) bond motifs is 6. The number of rotatable bonds is 4. The average molecular weight is 663 g/mol. The second-order valence-corrected chi connectivity index (χ2v) is 13.0. The van der Waals surface area contributed by atoms with Crippen molar-refractivity contribution in [2.45, 2.75) is 0 Å². The van der Waals surface area contributed by atoms with Crippen LogP contribution in [0.4, 0.5) is 0 Å². The quantitative estimate of drug-likeness (QED) is 0.201. The number of para-hydroxylation sites is 4. The first-order valence-electron chi connectivity index (χ1n) is 16.7. The summed E-state index contributed by atoms with van der Waals surface area (Å²) in [6.45, 7) is 0. The summed E-state index contributed by atoms with van der Waals surface area (Å²) < 4.78 is 8.68. The van der Waals surface area contributed by atoms with Crippen LogP contribution in [0, 0.1) is 0 Å². The van der Waals surface area contributed by atoms with Gasteiger partial charge in [-0.15, -0.1) is 32.8 Å². The number of aromatic nitrogens is 4. The lowest BCUT2D eigenvalue weighted by molar-refractivity contribution is 0.670. The minimum atomic E-state index is 0.0616. The summed E-state index contributed by atoms with van der Waals surface area (Å²) in [5.41, 5.74) is 5.48. The lowest BCUT2D eigenvalue weighted by Gasteiger charge is -2.21. The van der Waals surface area contributed by atoms with Crippen LogP contribution < -0.4 is 54.6 Å². The van der Waals surface area contributed by atoms with Crippen molar-refractivity contribution in [1.82, 2.24) is 19.5 Å². The largest absolute Gasteiger partial charge is 0.455 e. The van der Waals surface area contributed by atoms with E-state index in [2.05, 4.69) is 0 Å². The summed E-state index contributed by atoms with van der Waals surface area (Å²) in [4.78, 5) is 15.0. The Morgan fingerprint density at radius 2 is 0.778 bits per heavy atom. The molecule has 0 atom stereocenters. The maximum Gasteiger partial charge on any atom is 0.238 e. The first-order chi connectivity index (χ1) is 26.0. The third kappa shape index (κ3) is 4.90. The molecule has 0 saturated heterocycles. The fraction of sp³-hybridized carbons (Fsp3) is 0. The Hall–Kier alpha value is -5.42. The summed E-state index contributed by atoms with van der Waals surface area (Å²) in [5.74, 6) is 0.644. The van der Waals surface area contributed by atoms with Gasteiger partial charge in [-0.3, -0.25) is 4.57 Å². The molecule has 0 fully saturated rings. The smallest absolute Gasteiger partial charge is 0.238 e. The fourth-order valence-electron chi connectivity index (χ4n) is 7.26. The third-order valence-corrected chi connectivity index (χ3v) is 10.1. The van der Waals surface area contributed by atoms with Crippen LogP contribution in [-0.4, -0.2) is 98.0 Å². The summed E-state index contributed by atoms with van der Waals surface area (Å²) >= 11 is 0. The minimum Gasteiger partial charge on any atom is -0.455 e. The number of hydrogen-bond acceptors (Lipinski definition) is 4. The van der Waals surface area contributed by atoms with Crippen molar-refractivity contribution >= 4 is 177 Å². The molecule has 9 rings (SSSR count). The number of nitrogens with zero attached hydrogens (tertiary/aromatic N) is 4. The Balaban J connectivity index is 1.37. The van der Waals surface area contributed by atoms with Crippen LogP contribution >= 0.6 is 0 Å². The van der Waals surface area contributed by atoms with Crippen LogP contribution in [-0.2, 0) is 0 Å². The molecule has 0 aliphatic rings. The maximum atomic E-state index is 6.72. The maximum absolute atomic E-state index is 6.72. The molecule has 15 heteroatoms. The Labute approximate surface area is 324 Å². The predicted octanol–water partition coefficient (Wildman–Crippen LogP) is -2.19. The van der Waals surface area contributed by atoms with E-state index in [1.807, 2.05) is 89.5 Å². The highest BCUT2D eigenvalue weighted by atomic mass is 16.3. The molecule has 0 aliphatic heterocycles. The van der Waals surface area contributed by atoms with Gasteiger partial charge in [0.15, 0.2) is 11.6 Å². The summed E-state index contributed by atoms with van der Waals surface area (Å²) in [6.07, 6.45) is 0. The van der Waals surface area contributed by atoms with E-state index in [1.165, 1.54) is 0 Å². The zero-order valence-corrected chi connectivity index (χ0v) is 28.6. The monoisotopic (exact) mass is 664 g/mol. The molecule has 0 unspecified atom stereocenters. The van der Waals surface area contributed by atoms with Gasteiger partial charge in [-0.2, -0.15) is 9.97 Å². The summed E-state index contributed by atoms with van der Waals surface area (Å²) in [5, 5.41) is 3.54. The standard InChI is InChI=1S/C39H14B10N4O/c40-25-23(26(41)30(45)33(48)29(25)44)19-11-5-9-17-18-10-6-12-20(36(18)54-35(17)19)37-50-38(24-27(42)31(46)34(49)32(47)28(24)43)52-39(51-37)53-21-13-3-1-7-15(21)16-8-2-4-14-22(16)53/h1-14H. The van der Waals surface area contributed by atoms with Crippen LogP contribution in [0.15, 0.2) is 89.3 Å². The Morgan fingerprint density at radius 1 is 0.370 bits per heavy atom. The van der Waals surface area contributed by atoms with Crippen molar-refractivity contribution < 1.29 is 4.42 Å². The first-order valence-corrected chi connectivity index (χ1v) is 16.7. The number of benzene rings is 6. The van der Waals surface area contributed by atoms with E-state index < -0.39 is 0 Å². The van der Waals surface area contributed by atoms with Gasteiger partial charge in [-0.25, -0.2) is 4.98 Å². The molecular weight excluding hydrogens is 649 g/mol. The van der Waals surface area contributed by atoms with Crippen LogP contribution in [0.2, 0.25) is 0 Å². The molecule has 6 aromatic carbocycles. The second-order valence-electron chi connectivity index (χ2n) is 13.0. The SMILES string of the molecule is [B]c1c([B])c([B])c(-c2nc(-c3cccc4c3oc3c(-c5c([B])c([B])c([B])c([B])c5[B])cccc34)nc(-n3c4ccccc4c4ccccc43)n2)c([B])c1[B]. The first kappa shape index (κ1) is 34.4. The molecule has 20 radical (unpaired) electrons. The molecule has 3 heterocycles. The Kier molecular flexibility index (Phi) is 8.00. The van der Waals surface area contributed by atoms with Crippen molar-refractivity contribution in [2.75, 3.05) is 0 Å². The van der Waals surface area contributed by atoms with E-state index in [0.717, 1.165) is 32.6 Å². The van der Waals surface area contributed by atoms with E-state index in [0.29, 0.717) is 27.9 Å². The van der Waals surface area contributed by atoms with E-state index in [-0.39, 0.29) is 77.8 Å². The average Bonchev–Trinajstić information content (AvgIpc) is 3.74. The van der Waals surface area contributed by atoms with Gasteiger partial charge in [0.25, 0.3) is 0 Å². The topological polar surface area (TPSA) is 56.7 Å². The highest BCUT2D eigenvalue weighted by Crippen LogP contribution is 2.39. The van der Waals surface area contributed by atoms with Gasteiger partial charge in [0.2, 0.25) is 5.95 Å². The Bertz CT molecular complexity index is 2970. The Morgan fingerprint density at radius 3 is 1.31 bits per heavy atom. The number of hydrogen-bond donors (Lipinski definition) is 0. The molecule has 3 aromatic heterocycles. The molecule has 0 bridgehead atoms. The molecule has 0 amide bonds. The molecule has 226 valence electrons. The van der Waals surface area contributed by atoms with E-state index in [9.17, 15) is 0 Å². The molecule has 0 aliphatic carbocycles. The van der Waals surface area contributed by atoms with Crippen molar-refractivity contribution in [2.24, 2.45) is 0 Å². The van der Waals surface area contributed by atoms with Gasteiger partial charge in [0, 0.05) is 32.7 Å². The third-order valence-electron chi connectivity index (χ3n) is 10.1. The minimum absolute atomic E-state index is 0.0616. The lowest BCUT2D eigenvalue weighted by atomic mass is 9.59. The summed E-state index contributed by atoms with van der Waals surface area (Å²) in [7, 11) is 63.6. The molecule has 54 heavy (non-hydrogen) atoms. The molecule has 9 aromatic rings. The molecule has 0 N–H and O–H groups in total. The molecular formula is C39H14B10N4O. The van der Waals surface area contributed by atoms with Crippen LogP contribution in [0.25, 0.3) is 83.6 Å². The van der Waals surface area contributed by atoms with Crippen molar-refractivity contribution in [3.05, 3.63) is 84.9 Å². The normalized spacial score (nSPS) is 11.7. The van der Waals surface area contributed by atoms with Gasteiger partial charge >= 0.3 is 0 Å². The van der Waals surface area contributed by atoms with Crippen molar-refractivity contribution in [1.29, 1.82) is 0 Å². The highest BCUT2D eigenvalue weighted by molar-refractivity contribution is 6.70. The molecule has 0 spiro atoms. The fourth-order valence-corrected chi connectivity index (χ4v) is 7.26. The van der Waals surface area contributed by atoms with Gasteiger partial charge in [-0.1, -0.05) is 88.6 Å². The zero-order chi connectivity index (χ0) is 37.7.